The number of carbonyl (C=O) groups is 1. The van der Waals surface area contributed by atoms with Crippen LogP contribution in [0.5, 0.6) is 5.75 Å². The minimum Gasteiger partial charge on any atom is -0.493 e. The van der Waals surface area contributed by atoms with E-state index in [9.17, 15) is 4.79 Å². The fraction of sp³-hybridized carbons (Fsp3) is 0.400. The number of pyridine rings is 1. The van der Waals surface area contributed by atoms with E-state index in [1.165, 1.54) is 5.56 Å². The second-order valence-corrected chi connectivity index (χ2v) is 6.35. The van der Waals surface area contributed by atoms with Crippen LogP contribution in [0.3, 0.4) is 0 Å². The minimum absolute atomic E-state index is 0.0337. The summed E-state index contributed by atoms with van der Waals surface area (Å²) in [5.74, 6) is 1.04. The van der Waals surface area contributed by atoms with E-state index in [1.54, 1.807) is 4.90 Å². The maximum atomic E-state index is 12.8. The van der Waals surface area contributed by atoms with Crippen molar-refractivity contribution in [1.29, 1.82) is 0 Å². The van der Waals surface area contributed by atoms with Crippen molar-refractivity contribution in [2.24, 2.45) is 5.92 Å². The molecule has 0 unspecified atom stereocenters. The number of hydrogen-bond acceptors (Lipinski definition) is 3. The Morgan fingerprint density at radius 2 is 2.12 bits per heavy atom. The smallest absolute Gasteiger partial charge is 0.226 e. The van der Waals surface area contributed by atoms with Crippen LogP contribution in [0.2, 0.25) is 0 Å². The lowest BCUT2D eigenvalue weighted by molar-refractivity contribution is -0.135. The second kappa shape index (κ2) is 7.47. The van der Waals surface area contributed by atoms with E-state index in [0.29, 0.717) is 13.2 Å². The lowest BCUT2D eigenvalue weighted by Gasteiger charge is -2.22. The highest BCUT2D eigenvalue weighted by molar-refractivity contribution is 5.79. The molecule has 0 fully saturated rings. The summed E-state index contributed by atoms with van der Waals surface area (Å²) in [4.78, 5) is 19.1. The molecular formula is C20H24N2O2. The average Bonchev–Trinajstić information content (AvgIpc) is 2.84. The second-order valence-electron chi connectivity index (χ2n) is 6.35. The summed E-state index contributed by atoms with van der Waals surface area (Å²) in [6, 6.07) is 12.1. The van der Waals surface area contributed by atoms with E-state index < -0.39 is 0 Å². The van der Waals surface area contributed by atoms with Crippen LogP contribution in [0.4, 0.5) is 0 Å². The van der Waals surface area contributed by atoms with Crippen molar-refractivity contribution < 1.29 is 9.53 Å². The molecule has 1 aromatic heterocycles. The SMILES string of the molecule is CCc1ccc(CN(C)C(=O)[C@H]2CCOc3ccccc3C2)nc1. The average molecular weight is 324 g/mol. The molecule has 0 N–H and O–H groups in total. The number of amides is 1. The first kappa shape index (κ1) is 16.5. The van der Waals surface area contributed by atoms with Gasteiger partial charge in [-0.3, -0.25) is 9.78 Å². The van der Waals surface area contributed by atoms with Gasteiger partial charge in [0.1, 0.15) is 5.75 Å². The Morgan fingerprint density at radius 1 is 1.29 bits per heavy atom. The number of fused-ring (bicyclic) bond motifs is 1. The molecule has 24 heavy (non-hydrogen) atoms. The van der Waals surface area contributed by atoms with Crippen LogP contribution in [0.25, 0.3) is 0 Å². The quantitative estimate of drug-likeness (QED) is 0.867. The number of aromatic nitrogens is 1. The van der Waals surface area contributed by atoms with Crippen molar-refractivity contribution in [2.75, 3.05) is 13.7 Å². The van der Waals surface area contributed by atoms with Gasteiger partial charge in [-0.05, 0) is 42.5 Å². The van der Waals surface area contributed by atoms with Gasteiger partial charge in [-0.1, -0.05) is 31.2 Å². The number of ether oxygens (including phenoxy) is 1. The van der Waals surface area contributed by atoms with Crippen LogP contribution in [0.15, 0.2) is 42.6 Å². The zero-order chi connectivity index (χ0) is 16.9. The highest BCUT2D eigenvalue weighted by Gasteiger charge is 2.26. The molecule has 1 aromatic carbocycles. The summed E-state index contributed by atoms with van der Waals surface area (Å²) in [7, 11) is 1.86. The zero-order valence-electron chi connectivity index (χ0n) is 14.4. The highest BCUT2D eigenvalue weighted by atomic mass is 16.5. The van der Waals surface area contributed by atoms with E-state index >= 15 is 0 Å². The third-order valence-electron chi connectivity index (χ3n) is 4.58. The summed E-state index contributed by atoms with van der Waals surface area (Å²) in [5, 5.41) is 0. The Balaban J connectivity index is 1.66. The van der Waals surface area contributed by atoms with Gasteiger partial charge in [-0.2, -0.15) is 0 Å². The number of para-hydroxylation sites is 1. The van der Waals surface area contributed by atoms with Gasteiger partial charge in [-0.25, -0.2) is 0 Å². The topological polar surface area (TPSA) is 42.4 Å². The van der Waals surface area contributed by atoms with Crippen LogP contribution >= 0.6 is 0 Å². The van der Waals surface area contributed by atoms with Gasteiger partial charge in [-0.15, -0.1) is 0 Å². The van der Waals surface area contributed by atoms with E-state index in [2.05, 4.69) is 18.0 Å². The van der Waals surface area contributed by atoms with Crippen LogP contribution in [0, 0.1) is 5.92 Å². The molecule has 0 radical (unpaired) electrons. The van der Waals surface area contributed by atoms with Gasteiger partial charge in [0.15, 0.2) is 0 Å². The monoisotopic (exact) mass is 324 g/mol. The van der Waals surface area contributed by atoms with Crippen molar-refractivity contribution in [3.63, 3.8) is 0 Å². The Hall–Kier alpha value is -2.36. The minimum atomic E-state index is -0.0337. The normalized spacial score (nSPS) is 16.7. The zero-order valence-corrected chi connectivity index (χ0v) is 14.4. The van der Waals surface area contributed by atoms with Crippen molar-refractivity contribution in [1.82, 2.24) is 9.88 Å². The largest absolute Gasteiger partial charge is 0.493 e. The van der Waals surface area contributed by atoms with Crippen molar-refractivity contribution in [3.8, 4) is 5.75 Å². The lowest BCUT2D eigenvalue weighted by atomic mass is 9.95. The van der Waals surface area contributed by atoms with Crippen molar-refractivity contribution in [2.45, 2.75) is 32.7 Å². The van der Waals surface area contributed by atoms with Crippen molar-refractivity contribution in [3.05, 3.63) is 59.4 Å². The third-order valence-corrected chi connectivity index (χ3v) is 4.58. The van der Waals surface area contributed by atoms with E-state index in [1.807, 2.05) is 43.6 Å². The highest BCUT2D eigenvalue weighted by Crippen LogP contribution is 2.27. The maximum absolute atomic E-state index is 12.8. The first-order valence-corrected chi connectivity index (χ1v) is 8.57. The molecule has 0 saturated heterocycles. The number of hydrogen-bond donors (Lipinski definition) is 0. The molecule has 4 heteroatoms. The molecule has 0 aliphatic carbocycles. The first-order valence-electron chi connectivity index (χ1n) is 8.57. The maximum Gasteiger partial charge on any atom is 0.226 e. The van der Waals surface area contributed by atoms with Gasteiger partial charge in [0.05, 0.1) is 18.8 Å². The van der Waals surface area contributed by atoms with Gasteiger partial charge < -0.3 is 9.64 Å². The Bertz CT molecular complexity index is 697. The van der Waals surface area contributed by atoms with E-state index in [-0.39, 0.29) is 11.8 Å². The predicted molar refractivity (Wildman–Crippen MR) is 93.8 cm³/mol. The van der Waals surface area contributed by atoms with E-state index in [0.717, 1.165) is 36.3 Å². The van der Waals surface area contributed by atoms with Gasteiger partial charge in [0.25, 0.3) is 0 Å². The molecule has 1 amide bonds. The summed E-state index contributed by atoms with van der Waals surface area (Å²) in [5.41, 5.74) is 3.26. The Morgan fingerprint density at radius 3 is 2.88 bits per heavy atom. The summed E-state index contributed by atoms with van der Waals surface area (Å²) in [6.45, 7) is 3.24. The molecule has 4 nitrogen and oxygen atoms in total. The third kappa shape index (κ3) is 3.75. The van der Waals surface area contributed by atoms with Crippen LogP contribution < -0.4 is 4.74 Å². The van der Waals surface area contributed by atoms with Crippen LogP contribution in [0.1, 0.15) is 30.2 Å². The molecule has 3 rings (SSSR count). The standard InChI is InChI=1S/C20H24N2O2/c1-3-15-8-9-18(21-13-15)14-22(2)20(23)17-10-11-24-19-7-5-4-6-16(19)12-17/h4-9,13,17H,3,10-12,14H2,1-2H3/t17-/m0/s1. The number of benzene rings is 1. The molecule has 2 heterocycles. The lowest BCUT2D eigenvalue weighted by Crippen LogP contribution is -2.34. The van der Waals surface area contributed by atoms with Crippen LogP contribution in [-0.2, 0) is 24.2 Å². The fourth-order valence-corrected chi connectivity index (χ4v) is 3.09. The summed E-state index contributed by atoms with van der Waals surface area (Å²) in [6.07, 6.45) is 4.36. The number of carbonyl (C=O) groups excluding carboxylic acids is 1. The molecule has 1 aliphatic heterocycles. The molecule has 0 bridgehead atoms. The van der Waals surface area contributed by atoms with E-state index in [4.69, 9.17) is 4.74 Å². The van der Waals surface area contributed by atoms with Crippen molar-refractivity contribution >= 4 is 5.91 Å². The molecule has 0 spiro atoms. The molecule has 1 aliphatic rings. The molecular weight excluding hydrogens is 300 g/mol. The predicted octanol–water partition coefficient (Wildman–Crippen LogP) is 3.24. The Labute approximate surface area is 143 Å². The van der Waals surface area contributed by atoms with Crippen LogP contribution in [-0.4, -0.2) is 29.4 Å². The molecule has 0 saturated carbocycles. The van der Waals surface area contributed by atoms with Gasteiger partial charge in [0.2, 0.25) is 5.91 Å². The number of nitrogens with zero attached hydrogens (tertiary/aromatic N) is 2. The number of aryl methyl sites for hydroxylation is 1. The molecule has 126 valence electrons. The first-order chi connectivity index (χ1) is 11.7. The fourth-order valence-electron chi connectivity index (χ4n) is 3.09. The van der Waals surface area contributed by atoms with Gasteiger partial charge >= 0.3 is 0 Å². The number of rotatable bonds is 4. The summed E-state index contributed by atoms with van der Waals surface area (Å²) < 4.78 is 5.77. The Kier molecular flexibility index (Phi) is 5.14. The molecule has 2 aromatic rings. The molecule has 1 atom stereocenters. The van der Waals surface area contributed by atoms with Gasteiger partial charge in [0, 0.05) is 19.2 Å². The summed E-state index contributed by atoms with van der Waals surface area (Å²) >= 11 is 0.